The Balaban J connectivity index is 2.40. The number of nitrogens with one attached hydrogen (secondary N) is 1. The maximum Gasteiger partial charge on any atom is 0.262 e. The van der Waals surface area contributed by atoms with Crippen molar-refractivity contribution in [1.82, 2.24) is 9.88 Å². The van der Waals surface area contributed by atoms with Crippen LogP contribution in [0.3, 0.4) is 0 Å². The van der Waals surface area contributed by atoms with Gasteiger partial charge in [0.15, 0.2) is 0 Å². The smallest absolute Gasteiger partial charge is 0.262 e. The lowest BCUT2D eigenvalue weighted by Crippen LogP contribution is -2.32. The lowest BCUT2D eigenvalue weighted by Gasteiger charge is -2.20. The second-order valence-corrected chi connectivity index (χ2v) is 8.41. The minimum Gasteiger partial charge on any atom is -0.349 e. The molecular formula is C24H31N3O. The van der Waals surface area contributed by atoms with Gasteiger partial charge in [-0.05, 0) is 68.0 Å². The Morgan fingerprint density at radius 2 is 1.86 bits per heavy atom. The summed E-state index contributed by atoms with van der Waals surface area (Å²) in [6.07, 6.45) is 2.50. The first-order valence-electron chi connectivity index (χ1n) is 9.81. The Kier molecular flexibility index (Phi) is 6.51. The van der Waals surface area contributed by atoms with Crippen LogP contribution < -0.4 is 5.32 Å². The molecule has 0 saturated heterocycles. The third kappa shape index (κ3) is 4.72. The molecule has 148 valence electrons. The fraction of sp³-hybridized carbons (Fsp3) is 0.417. The van der Waals surface area contributed by atoms with Crippen molar-refractivity contribution >= 4 is 12.0 Å². The molecule has 1 aromatic carbocycles. The van der Waals surface area contributed by atoms with Crippen LogP contribution in [-0.4, -0.2) is 16.5 Å². The van der Waals surface area contributed by atoms with E-state index >= 15 is 0 Å². The molecule has 2 rings (SSSR count). The van der Waals surface area contributed by atoms with Gasteiger partial charge >= 0.3 is 0 Å². The third-order valence-corrected chi connectivity index (χ3v) is 5.12. The summed E-state index contributed by atoms with van der Waals surface area (Å²) < 4.78 is 2.15. The Labute approximate surface area is 168 Å². The summed E-state index contributed by atoms with van der Waals surface area (Å²) in [7, 11) is 0. The maximum absolute atomic E-state index is 12.3. The molecule has 1 atom stereocenters. The molecule has 28 heavy (non-hydrogen) atoms. The minimum absolute atomic E-state index is 0.0398. The molecule has 0 aliphatic carbocycles. The van der Waals surface area contributed by atoms with Gasteiger partial charge in [-0.2, -0.15) is 5.26 Å². The van der Waals surface area contributed by atoms with Crippen LogP contribution >= 0.6 is 0 Å². The number of nitriles is 1. The van der Waals surface area contributed by atoms with Crippen LogP contribution in [-0.2, 0) is 10.2 Å². The highest BCUT2D eigenvalue weighted by Crippen LogP contribution is 2.26. The Bertz CT molecular complexity index is 918. The molecule has 1 aromatic heterocycles. The van der Waals surface area contributed by atoms with E-state index in [0.29, 0.717) is 0 Å². The molecule has 0 aliphatic rings. The average Bonchev–Trinajstić information content (AvgIpc) is 2.92. The van der Waals surface area contributed by atoms with Gasteiger partial charge in [-0.25, -0.2) is 0 Å². The molecule has 4 heteroatoms. The van der Waals surface area contributed by atoms with E-state index in [2.05, 4.69) is 54.9 Å². The van der Waals surface area contributed by atoms with Gasteiger partial charge < -0.3 is 9.88 Å². The van der Waals surface area contributed by atoms with Gasteiger partial charge in [-0.3, -0.25) is 4.79 Å². The fourth-order valence-corrected chi connectivity index (χ4v) is 3.15. The van der Waals surface area contributed by atoms with Crippen molar-refractivity contribution in [1.29, 1.82) is 5.26 Å². The van der Waals surface area contributed by atoms with Crippen molar-refractivity contribution in [2.75, 3.05) is 0 Å². The number of benzene rings is 1. The van der Waals surface area contributed by atoms with E-state index in [1.807, 2.05) is 39.8 Å². The Morgan fingerprint density at radius 1 is 1.25 bits per heavy atom. The molecule has 0 spiro atoms. The van der Waals surface area contributed by atoms with Crippen molar-refractivity contribution in [3.8, 4) is 11.8 Å². The molecule has 4 nitrogen and oxygen atoms in total. The van der Waals surface area contributed by atoms with Crippen LogP contribution in [0.2, 0.25) is 0 Å². The number of carbonyl (C=O) groups is 1. The maximum atomic E-state index is 12.3. The lowest BCUT2D eigenvalue weighted by atomic mass is 9.87. The first kappa shape index (κ1) is 21.5. The largest absolute Gasteiger partial charge is 0.349 e. The van der Waals surface area contributed by atoms with E-state index in [-0.39, 0.29) is 22.9 Å². The van der Waals surface area contributed by atoms with E-state index < -0.39 is 0 Å². The van der Waals surface area contributed by atoms with Gasteiger partial charge in [0, 0.05) is 23.1 Å². The summed E-state index contributed by atoms with van der Waals surface area (Å²) in [5.41, 5.74) is 5.55. The van der Waals surface area contributed by atoms with Crippen molar-refractivity contribution in [2.24, 2.45) is 0 Å². The second kappa shape index (κ2) is 8.48. The highest BCUT2D eigenvalue weighted by molar-refractivity contribution is 6.02. The van der Waals surface area contributed by atoms with E-state index in [1.165, 1.54) is 5.56 Å². The zero-order valence-corrected chi connectivity index (χ0v) is 18.1. The number of nitrogens with zero attached hydrogens (tertiary/aromatic N) is 2. The second-order valence-electron chi connectivity index (χ2n) is 8.41. The number of aryl methyl sites for hydroxylation is 1. The molecule has 2 aromatic rings. The standard InChI is InChI=1S/C24H31N3O/c1-8-16(2)26-23(28)20(15-25)14-19-13-17(3)27(18(19)4)22-11-9-21(10-12-22)24(5,6)7/h9-14,16H,8H2,1-7H3,(H,26,28)/b20-14+/t16-/m1/s1. The summed E-state index contributed by atoms with van der Waals surface area (Å²) >= 11 is 0. The lowest BCUT2D eigenvalue weighted by molar-refractivity contribution is -0.117. The van der Waals surface area contributed by atoms with E-state index in [9.17, 15) is 10.1 Å². The van der Waals surface area contributed by atoms with Gasteiger partial charge in [0.25, 0.3) is 5.91 Å². The summed E-state index contributed by atoms with van der Waals surface area (Å²) in [6, 6.07) is 12.6. The van der Waals surface area contributed by atoms with Gasteiger partial charge in [-0.1, -0.05) is 39.8 Å². The Hall–Kier alpha value is -2.80. The first-order valence-corrected chi connectivity index (χ1v) is 9.81. The molecule has 1 N–H and O–H groups in total. The molecule has 0 aliphatic heterocycles. The van der Waals surface area contributed by atoms with Crippen LogP contribution in [0.5, 0.6) is 0 Å². The molecule has 0 unspecified atom stereocenters. The predicted molar refractivity (Wildman–Crippen MR) is 115 cm³/mol. The number of rotatable bonds is 5. The van der Waals surface area contributed by atoms with Gasteiger partial charge in [0.05, 0.1) is 0 Å². The molecule has 0 saturated carbocycles. The van der Waals surface area contributed by atoms with E-state index in [0.717, 1.165) is 29.1 Å². The molecular weight excluding hydrogens is 346 g/mol. The molecule has 1 amide bonds. The zero-order chi connectivity index (χ0) is 21.1. The molecule has 0 radical (unpaired) electrons. The third-order valence-electron chi connectivity index (χ3n) is 5.12. The first-order chi connectivity index (χ1) is 13.1. The summed E-state index contributed by atoms with van der Waals surface area (Å²) in [6.45, 7) is 14.6. The van der Waals surface area contributed by atoms with Crippen LogP contribution in [0, 0.1) is 25.2 Å². The number of hydrogen-bond acceptors (Lipinski definition) is 2. The molecule has 0 bridgehead atoms. The average molecular weight is 378 g/mol. The topological polar surface area (TPSA) is 57.8 Å². The number of hydrogen-bond donors (Lipinski definition) is 1. The van der Waals surface area contributed by atoms with Gasteiger partial charge in [-0.15, -0.1) is 0 Å². The van der Waals surface area contributed by atoms with Crippen LogP contribution in [0.25, 0.3) is 11.8 Å². The molecule has 1 heterocycles. The van der Waals surface area contributed by atoms with Gasteiger partial charge in [0.2, 0.25) is 0 Å². The highest BCUT2D eigenvalue weighted by atomic mass is 16.1. The summed E-state index contributed by atoms with van der Waals surface area (Å²) in [5.74, 6) is -0.323. The van der Waals surface area contributed by atoms with Crippen LogP contribution in [0.1, 0.15) is 63.6 Å². The Morgan fingerprint density at radius 3 is 2.36 bits per heavy atom. The zero-order valence-electron chi connectivity index (χ0n) is 18.1. The summed E-state index contributed by atoms with van der Waals surface area (Å²) in [4.78, 5) is 12.3. The van der Waals surface area contributed by atoms with Crippen molar-refractivity contribution in [2.45, 2.75) is 66.3 Å². The number of amides is 1. The number of carbonyl (C=O) groups excluding carboxylic acids is 1. The van der Waals surface area contributed by atoms with Crippen LogP contribution in [0.15, 0.2) is 35.9 Å². The fourth-order valence-electron chi connectivity index (χ4n) is 3.15. The SMILES string of the molecule is CC[C@@H](C)NC(=O)/C(C#N)=C/c1cc(C)n(-c2ccc(C(C)(C)C)cc2)c1C. The predicted octanol–water partition coefficient (Wildman–Crippen LogP) is 5.21. The van der Waals surface area contributed by atoms with Crippen molar-refractivity contribution < 1.29 is 4.79 Å². The normalized spacial score (nSPS) is 13.1. The number of aromatic nitrogens is 1. The van der Waals surface area contributed by atoms with Crippen molar-refractivity contribution in [3.63, 3.8) is 0 Å². The quantitative estimate of drug-likeness (QED) is 0.574. The summed E-state index contributed by atoms with van der Waals surface area (Å²) in [5, 5.41) is 12.3. The monoisotopic (exact) mass is 377 g/mol. The highest BCUT2D eigenvalue weighted by Gasteiger charge is 2.16. The van der Waals surface area contributed by atoms with E-state index in [4.69, 9.17) is 0 Å². The van der Waals surface area contributed by atoms with Crippen LogP contribution in [0.4, 0.5) is 0 Å². The molecule has 0 fully saturated rings. The van der Waals surface area contributed by atoms with Crippen molar-refractivity contribution in [3.05, 3.63) is 58.4 Å². The minimum atomic E-state index is -0.323. The van der Waals surface area contributed by atoms with Gasteiger partial charge in [0.1, 0.15) is 11.6 Å². The van der Waals surface area contributed by atoms with E-state index in [1.54, 1.807) is 6.08 Å².